The van der Waals surface area contributed by atoms with Gasteiger partial charge in [-0.15, -0.1) is 0 Å². The number of nitrogens with zero attached hydrogens (tertiary/aromatic N) is 3. The summed E-state index contributed by atoms with van der Waals surface area (Å²) in [6.07, 6.45) is 3.00. The van der Waals surface area contributed by atoms with Crippen LogP contribution < -0.4 is 5.56 Å². The Hall–Kier alpha value is -2.17. The molecule has 1 amide bonds. The second-order valence-corrected chi connectivity index (χ2v) is 6.71. The number of rotatable bonds is 7. The highest BCUT2D eigenvalue weighted by molar-refractivity contribution is 6.04. The van der Waals surface area contributed by atoms with Gasteiger partial charge in [-0.25, -0.2) is 4.68 Å². The molecule has 0 aliphatic carbocycles. The number of carbonyl (C=O) groups is 1. The van der Waals surface area contributed by atoms with Crippen LogP contribution in [-0.4, -0.2) is 34.2 Å². The van der Waals surface area contributed by atoms with Crippen LogP contribution in [0.25, 0.3) is 10.8 Å². The summed E-state index contributed by atoms with van der Waals surface area (Å²) in [6, 6.07) is 7.24. The van der Waals surface area contributed by atoms with E-state index < -0.39 is 0 Å². The van der Waals surface area contributed by atoms with Crippen LogP contribution in [-0.2, 0) is 6.54 Å². The fourth-order valence-corrected chi connectivity index (χ4v) is 2.87. The number of hydrogen-bond donors (Lipinski definition) is 0. The highest BCUT2D eigenvalue weighted by atomic mass is 16.2. The molecule has 0 aliphatic heterocycles. The third-order valence-electron chi connectivity index (χ3n) is 4.03. The van der Waals surface area contributed by atoms with Crippen molar-refractivity contribution in [2.24, 2.45) is 5.92 Å². The Morgan fingerprint density at radius 2 is 1.88 bits per heavy atom. The lowest BCUT2D eigenvalue weighted by atomic mass is 10.1. The first-order valence-corrected chi connectivity index (χ1v) is 8.71. The lowest BCUT2D eigenvalue weighted by molar-refractivity contribution is 0.0772. The highest BCUT2D eigenvalue weighted by Crippen LogP contribution is 2.15. The largest absolute Gasteiger partial charge is 0.340 e. The van der Waals surface area contributed by atoms with E-state index in [1.165, 1.54) is 4.68 Å². The average Bonchev–Trinajstić information content (AvgIpc) is 2.56. The Labute approximate surface area is 143 Å². The normalized spacial score (nSPS) is 11.2. The molecule has 130 valence electrons. The minimum Gasteiger partial charge on any atom is -0.340 e. The molecule has 0 unspecified atom stereocenters. The van der Waals surface area contributed by atoms with Gasteiger partial charge in [-0.1, -0.05) is 51.8 Å². The molecule has 2 aromatic rings. The quantitative estimate of drug-likeness (QED) is 0.732. The summed E-state index contributed by atoms with van der Waals surface area (Å²) in [5, 5.41) is 5.61. The van der Waals surface area contributed by atoms with E-state index in [1.807, 2.05) is 12.1 Å². The van der Waals surface area contributed by atoms with Crippen LogP contribution in [0.3, 0.4) is 0 Å². The summed E-state index contributed by atoms with van der Waals surface area (Å²) in [5.41, 5.74) is 0.245. The van der Waals surface area contributed by atoms with E-state index in [-0.39, 0.29) is 11.5 Å². The topological polar surface area (TPSA) is 55.2 Å². The number of amides is 1. The molecule has 1 aromatic carbocycles. The second-order valence-electron chi connectivity index (χ2n) is 6.71. The van der Waals surface area contributed by atoms with Crippen LogP contribution in [0.1, 0.15) is 50.5 Å². The summed E-state index contributed by atoms with van der Waals surface area (Å²) < 4.78 is 1.45. The molecule has 24 heavy (non-hydrogen) atoms. The number of aryl methyl sites for hydroxylation is 1. The van der Waals surface area contributed by atoms with Gasteiger partial charge in [0.1, 0.15) is 0 Å². The van der Waals surface area contributed by atoms with Gasteiger partial charge in [0.25, 0.3) is 11.5 Å². The lowest BCUT2D eigenvalue weighted by Gasteiger charge is -2.20. The van der Waals surface area contributed by atoms with Gasteiger partial charge < -0.3 is 4.90 Å². The molecule has 0 spiro atoms. The minimum absolute atomic E-state index is 0.121. The number of carbonyl (C=O) groups excluding carboxylic acids is 1. The molecule has 0 atom stereocenters. The minimum atomic E-state index is -0.135. The molecule has 0 N–H and O–H groups in total. The average molecular weight is 329 g/mol. The number of benzene rings is 1. The summed E-state index contributed by atoms with van der Waals surface area (Å²) in [6.45, 7) is 7.46. The van der Waals surface area contributed by atoms with Crippen molar-refractivity contribution in [2.75, 3.05) is 13.6 Å². The summed E-state index contributed by atoms with van der Waals surface area (Å²) in [5.74, 6) is 0.241. The number of fused-ring (bicyclic) bond motifs is 1. The Morgan fingerprint density at radius 1 is 1.21 bits per heavy atom. The maximum atomic E-state index is 12.8. The van der Waals surface area contributed by atoms with E-state index in [0.717, 1.165) is 19.3 Å². The van der Waals surface area contributed by atoms with Crippen molar-refractivity contribution in [2.45, 2.75) is 46.6 Å². The first-order chi connectivity index (χ1) is 11.5. The van der Waals surface area contributed by atoms with Crippen LogP contribution in [0, 0.1) is 5.92 Å². The zero-order valence-electron chi connectivity index (χ0n) is 15.1. The van der Waals surface area contributed by atoms with Crippen molar-refractivity contribution >= 4 is 16.7 Å². The molecule has 0 radical (unpaired) electrons. The van der Waals surface area contributed by atoms with Crippen LogP contribution in [0.2, 0.25) is 0 Å². The van der Waals surface area contributed by atoms with Gasteiger partial charge in [-0.2, -0.15) is 5.10 Å². The Bertz CT molecular complexity index is 765. The van der Waals surface area contributed by atoms with Gasteiger partial charge >= 0.3 is 0 Å². The van der Waals surface area contributed by atoms with Crippen molar-refractivity contribution in [1.29, 1.82) is 0 Å². The highest BCUT2D eigenvalue weighted by Gasteiger charge is 2.20. The van der Waals surface area contributed by atoms with Gasteiger partial charge in [0, 0.05) is 25.5 Å². The van der Waals surface area contributed by atoms with Crippen molar-refractivity contribution in [1.82, 2.24) is 14.7 Å². The number of unbranched alkanes of at least 4 members (excludes halogenated alkanes) is 2. The SMILES string of the molecule is CCCCCn1nc(C(=O)N(C)CC(C)C)c2ccccc2c1=O. The summed E-state index contributed by atoms with van der Waals surface area (Å²) in [7, 11) is 1.78. The van der Waals surface area contributed by atoms with E-state index in [9.17, 15) is 9.59 Å². The number of aromatic nitrogens is 2. The Morgan fingerprint density at radius 3 is 2.50 bits per heavy atom. The molecule has 2 rings (SSSR count). The first kappa shape index (κ1) is 18.2. The third-order valence-corrected chi connectivity index (χ3v) is 4.03. The Balaban J connectivity index is 2.49. The zero-order chi connectivity index (χ0) is 17.7. The molecular weight excluding hydrogens is 302 g/mol. The van der Waals surface area contributed by atoms with E-state index in [4.69, 9.17) is 0 Å². The maximum Gasteiger partial charge on any atom is 0.274 e. The van der Waals surface area contributed by atoms with Crippen molar-refractivity contribution in [3.8, 4) is 0 Å². The molecular formula is C19H27N3O2. The van der Waals surface area contributed by atoms with Crippen LogP contribution in [0.5, 0.6) is 0 Å². The van der Waals surface area contributed by atoms with Gasteiger partial charge in [0.2, 0.25) is 0 Å². The molecule has 0 saturated heterocycles. The lowest BCUT2D eigenvalue weighted by Crippen LogP contribution is -2.34. The molecule has 0 saturated carbocycles. The van der Waals surface area contributed by atoms with E-state index in [1.54, 1.807) is 24.1 Å². The van der Waals surface area contributed by atoms with Crippen LogP contribution in [0.4, 0.5) is 0 Å². The zero-order valence-corrected chi connectivity index (χ0v) is 15.1. The molecule has 5 nitrogen and oxygen atoms in total. The van der Waals surface area contributed by atoms with Gasteiger partial charge in [0.15, 0.2) is 5.69 Å². The van der Waals surface area contributed by atoms with Crippen LogP contribution in [0.15, 0.2) is 29.1 Å². The molecule has 0 bridgehead atoms. The third kappa shape index (κ3) is 4.02. The summed E-state index contributed by atoms with van der Waals surface area (Å²) in [4.78, 5) is 27.1. The molecule has 0 aliphatic rings. The molecule has 1 heterocycles. The second kappa shape index (κ2) is 8.08. The molecule has 5 heteroatoms. The first-order valence-electron chi connectivity index (χ1n) is 8.71. The summed E-state index contributed by atoms with van der Waals surface area (Å²) >= 11 is 0. The van der Waals surface area contributed by atoms with E-state index >= 15 is 0 Å². The predicted molar refractivity (Wildman–Crippen MR) is 97.3 cm³/mol. The molecule has 0 fully saturated rings. The van der Waals surface area contributed by atoms with E-state index in [2.05, 4.69) is 25.9 Å². The van der Waals surface area contributed by atoms with Crippen molar-refractivity contribution in [3.05, 3.63) is 40.3 Å². The monoisotopic (exact) mass is 329 g/mol. The fraction of sp³-hybridized carbons (Fsp3) is 0.526. The van der Waals surface area contributed by atoms with E-state index in [0.29, 0.717) is 35.5 Å². The van der Waals surface area contributed by atoms with Gasteiger partial charge in [0.05, 0.1) is 5.39 Å². The number of hydrogen-bond acceptors (Lipinski definition) is 3. The van der Waals surface area contributed by atoms with Crippen molar-refractivity contribution in [3.63, 3.8) is 0 Å². The standard InChI is InChI=1S/C19H27N3O2/c1-5-6-9-12-22-18(23)16-11-8-7-10-15(16)17(20-22)19(24)21(4)13-14(2)3/h7-8,10-11,14H,5-6,9,12-13H2,1-4H3. The Kier molecular flexibility index (Phi) is 6.12. The fourth-order valence-electron chi connectivity index (χ4n) is 2.87. The van der Waals surface area contributed by atoms with Crippen molar-refractivity contribution < 1.29 is 4.79 Å². The van der Waals surface area contributed by atoms with Gasteiger partial charge in [-0.3, -0.25) is 9.59 Å². The maximum absolute atomic E-state index is 12.8. The predicted octanol–water partition coefficient (Wildman–Crippen LogP) is 3.31. The molecule has 1 aromatic heterocycles. The van der Waals surface area contributed by atoms with Gasteiger partial charge in [-0.05, 0) is 18.4 Å². The van der Waals surface area contributed by atoms with Crippen LogP contribution >= 0.6 is 0 Å². The smallest absolute Gasteiger partial charge is 0.274 e.